The van der Waals surface area contributed by atoms with E-state index in [1.54, 1.807) is 30.4 Å². The molecule has 1 aromatic rings. The number of hydrogen-bond donors (Lipinski definition) is 1. The highest BCUT2D eigenvalue weighted by Crippen LogP contribution is 2.22. The van der Waals surface area contributed by atoms with Gasteiger partial charge in [-0.15, -0.1) is 13.2 Å². The van der Waals surface area contributed by atoms with Gasteiger partial charge in [0.15, 0.2) is 11.6 Å². The maximum absolute atomic E-state index is 12.4. The minimum absolute atomic E-state index is 0.000300. The lowest BCUT2D eigenvalue weighted by molar-refractivity contribution is 0.0931. The molecule has 0 heterocycles. The van der Waals surface area contributed by atoms with Gasteiger partial charge in [-0.1, -0.05) is 26.0 Å². The van der Waals surface area contributed by atoms with Crippen molar-refractivity contribution in [1.82, 2.24) is 0 Å². The molecule has 112 valence electrons. The van der Waals surface area contributed by atoms with Gasteiger partial charge in [-0.25, -0.2) is 0 Å². The van der Waals surface area contributed by atoms with E-state index in [9.17, 15) is 9.59 Å². The summed E-state index contributed by atoms with van der Waals surface area (Å²) in [6, 6.07) is 4.91. The van der Waals surface area contributed by atoms with Crippen LogP contribution >= 0.6 is 0 Å². The highest BCUT2D eigenvalue weighted by molar-refractivity contribution is 6.06. The molecule has 0 radical (unpaired) electrons. The molecule has 0 spiro atoms. The van der Waals surface area contributed by atoms with E-state index in [0.717, 1.165) is 0 Å². The van der Waals surface area contributed by atoms with Gasteiger partial charge in [0.2, 0.25) is 0 Å². The minimum atomic E-state index is -0.194. The van der Waals surface area contributed by atoms with E-state index in [4.69, 9.17) is 5.73 Å². The molecular weight excluding hydrogens is 262 g/mol. The van der Waals surface area contributed by atoms with Crippen LogP contribution in [0, 0.1) is 11.8 Å². The van der Waals surface area contributed by atoms with Crippen LogP contribution in [0.2, 0.25) is 0 Å². The lowest BCUT2D eigenvalue weighted by atomic mass is 9.90. The fourth-order valence-corrected chi connectivity index (χ4v) is 2.19. The number of allylic oxidation sites excluding steroid dienone is 2. The number of nitrogens with two attached hydrogens (primary N) is 1. The maximum atomic E-state index is 12.4. The summed E-state index contributed by atoms with van der Waals surface area (Å²) in [7, 11) is 0. The second kappa shape index (κ2) is 7.58. The average Bonchev–Trinajstić information content (AvgIpc) is 2.46. The fourth-order valence-electron chi connectivity index (χ4n) is 2.19. The highest BCUT2D eigenvalue weighted by atomic mass is 16.1. The minimum Gasteiger partial charge on any atom is -0.398 e. The topological polar surface area (TPSA) is 60.2 Å². The Morgan fingerprint density at radius 1 is 1.10 bits per heavy atom. The summed E-state index contributed by atoms with van der Waals surface area (Å²) >= 11 is 0. The van der Waals surface area contributed by atoms with Crippen LogP contribution in [-0.2, 0) is 0 Å². The van der Waals surface area contributed by atoms with Crippen molar-refractivity contribution in [2.75, 3.05) is 5.73 Å². The molecule has 1 rings (SSSR count). The van der Waals surface area contributed by atoms with Gasteiger partial charge in [0, 0.05) is 28.7 Å². The van der Waals surface area contributed by atoms with Gasteiger partial charge in [0.25, 0.3) is 0 Å². The van der Waals surface area contributed by atoms with E-state index >= 15 is 0 Å². The second-order valence-corrected chi connectivity index (χ2v) is 5.38. The molecule has 0 amide bonds. The van der Waals surface area contributed by atoms with Gasteiger partial charge in [-0.3, -0.25) is 9.59 Å². The predicted molar refractivity (Wildman–Crippen MR) is 87.5 cm³/mol. The van der Waals surface area contributed by atoms with Crippen molar-refractivity contribution < 1.29 is 9.59 Å². The van der Waals surface area contributed by atoms with Crippen LogP contribution in [0.4, 0.5) is 5.69 Å². The highest BCUT2D eigenvalue weighted by Gasteiger charge is 2.20. The predicted octanol–water partition coefficient (Wildman–Crippen LogP) is 4.06. The van der Waals surface area contributed by atoms with Crippen LogP contribution in [0.5, 0.6) is 0 Å². The summed E-state index contributed by atoms with van der Waals surface area (Å²) < 4.78 is 0. The molecule has 0 fully saturated rings. The molecule has 0 saturated heterocycles. The van der Waals surface area contributed by atoms with Crippen molar-refractivity contribution in [3.8, 4) is 0 Å². The number of carbonyl (C=O) groups is 2. The molecule has 2 unspecified atom stereocenters. The first kappa shape index (κ1) is 16.9. The zero-order chi connectivity index (χ0) is 16.0. The van der Waals surface area contributed by atoms with Crippen LogP contribution in [0.1, 0.15) is 47.4 Å². The standard InChI is InChI=1S/C18H23NO2/c1-5-7-12(3)17(20)14-9-10-16(19)15(11-14)18(21)13(4)8-6-2/h5-6,9-13H,1-2,7-8,19H2,3-4H3. The molecule has 21 heavy (non-hydrogen) atoms. The third kappa shape index (κ3) is 4.15. The molecular formula is C18H23NO2. The summed E-state index contributed by atoms with van der Waals surface area (Å²) in [6.07, 6.45) is 4.63. The molecule has 0 aromatic heterocycles. The third-order valence-corrected chi connectivity index (χ3v) is 3.54. The summed E-state index contributed by atoms with van der Waals surface area (Å²) in [4.78, 5) is 24.7. The summed E-state index contributed by atoms with van der Waals surface area (Å²) in [5.74, 6) is -0.404. The van der Waals surface area contributed by atoms with Crippen molar-refractivity contribution in [2.45, 2.75) is 26.7 Å². The number of anilines is 1. The van der Waals surface area contributed by atoms with Crippen LogP contribution < -0.4 is 5.73 Å². The number of carbonyl (C=O) groups excluding carboxylic acids is 2. The first-order valence-electron chi connectivity index (χ1n) is 7.12. The van der Waals surface area contributed by atoms with Gasteiger partial charge in [-0.05, 0) is 31.0 Å². The summed E-state index contributed by atoms with van der Waals surface area (Å²) in [5.41, 5.74) is 7.23. The number of ketones is 2. The van der Waals surface area contributed by atoms with Crippen molar-refractivity contribution in [3.63, 3.8) is 0 Å². The Labute approximate surface area is 126 Å². The number of Topliss-reactive ketones (excluding diaryl/α,β-unsaturated/α-hetero) is 2. The van der Waals surface area contributed by atoms with Crippen molar-refractivity contribution in [3.05, 3.63) is 54.6 Å². The number of benzene rings is 1. The smallest absolute Gasteiger partial charge is 0.168 e. The van der Waals surface area contributed by atoms with E-state index in [2.05, 4.69) is 13.2 Å². The second-order valence-electron chi connectivity index (χ2n) is 5.38. The van der Waals surface area contributed by atoms with E-state index < -0.39 is 0 Å². The van der Waals surface area contributed by atoms with E-state index in [1.165, 1.54) is 0 Å². The summed E-state index contributed by atoms with van der Waals surface area (Å²) in [6.45, 7) is 11.0. The Bertz CT molecular complexity index is 560. The van der Waals surface area contributed by atoms with E-state index in [-0.39, 0.29) is 23.4 Å². The SMILES string of the molecule is C=CCC(C)C(=O)c1ccc(N)c(C(=O)C(C)CC=C)c1. The molecule has 1 aromatic carbocycles. The monoisotopic (exact) mass is 285 g/mol. The quantitative estimate of drug-likeness (QED) is 0.445. The molecule has 2 atom stereocenters. The number of rotatable bonds is 8. The molecule has 3 nitrogen and oxygen atoms in total. The third-order valence-electron chi connectivity index (χ3n) is 3.54. The van der Waals surface area contributed by atoms with Gasteiger partial charge < -0.3 is 5.73 Å². The Balaban J connectivity index is 3.10. The number of nitrogen functional groups attached to an aromatic ring is 1. The van der Waals surface area contributed by atoms with Gasteiger partial charge in [-0.2, -0.15) is 0 Å². The first-order chi connectivity index (χ1) is 9.92. The molecule has 2 N–H and O–H groups in total. The van der Waals surface area contributed by atoms with Crippen molar-refractivity contribution in [1.29, 1.82) is 0 Å². The Morgan fingerprint density at radius 3 is 2.14 bits per heavy atom. The molecule has 0 bridgehead atoms. The van der Waals surface area contributed by atoms with Crippen molar-refractivity contribution in [2.24, 2.45) is 11.8 Å². The molecule has 3 heteroatoms. The maximum Gasteiger partial charge on any atom is 0.168 e. The van der Waals surface area contributed by atoms with Crippen LogP contribution in [0.25, 0.3) is 0 Å². The van der Waals surface area contributed by atoms with E-state index in [0.29, 0.717) is 29.7 Å². The van der Waals surface area contributed by atoms with Crippen LogP contribution in [0.3, 0.4) is 0 Å². The number of hydrogen-bond acceptors (Lipinski definition) is 3. The van der Waals surface area contributed by atoms with Crippen LogP contribution in [0.15, 0.2) is 43.5 Å². The lowest BCUT2D eigenvalue weighted by Crippen LogP contribution is -2.16. The Hall–Kier alpha value is -2.16. The normalized spacial score (nSPS) is 13.2. The zero-order valence-corrected chi connectivity index (χ0v) is 12.8. The first-order valence-corrected chi connectivity index (χ1v) is 7.12. The molecule has 0 saturated carbocycles. The molecule has 0 aliphatic rings. The molecule has 0 aliphatic heterocycles. The van der Waals surface area contributed by atoms with Gasteiger partial charge in [0.05, 0.1) is 0 Å². The summed E-state index contributed by atoms with van der Waals surface area (Å²) in [5, 5.41) is 0. The average molecular weight is 285 g/mol. The lowest BCUT2D eigenvalue weighted by Gasteiger charge is -2.13. The van der Waals surface area contributed by atoms with Crippen molar-refractivity contribution >= 4 is 17.3 Å². The fraction of sp³-hybridized carbons (Fsp3) is 0.333. The Morgan fingerprint density at radius 2 is 1.62 bits per heavy atom. The largest absolute Gasteiger partial charge is 0.398 e. The van der Waals surface area contributed by atoms with E-state index in [1.807, 2.05) is 13.8 Å². The molecule has 0 aliphatic carbocycles. The van der Waals surface area contributed by atoms with Crippen LogP contribution in [-0.4, -0.2) is 11.6 Å². The Kier molecular flexibility index (Phi) is 6.10. The zero-order valence-electron chi connectivity index (χ0n) is 12.8. The van der Waals surface area contributed by atoms with Gasteiger partial charge in [0.1, 0.15) is 0 Å². The van der Waals surface area contributed by atoms with Gasteiger partial charge >= 0.3 is 0 Å².